The van der Waals surface area contributed by atoms with Gasteiger partial charge in [0.25, 0.3) is 0 Å². The molecule has 0 aliphatic carbocycles. The van der Waals surface area contributed by atoms with E-state index in [1.165, 1.54) is 19.1 Å². The average Bonchev–Trinajstić information content (AvgIpc) is 2.93. The number of aryl methyl sites for hydroxylation is 1. The van der Waals surface area contributed by atoms with Crippen LogP contribution in [0.2, 0.25) is 0 Å². The monoisotopic (exact) mass is 364 g/mol. The van der Waals surface area contributed by atoms with Crippen molar-refractivity contribution in [3.63, 3.8) is 0 Å². The number of fused-ring (bicyclic) bond motifs is 1. The van der Waals surface area contributed by atoms with Gasteiger partial charge >= 0.3 is 0 Å². The molecule has 2 N–H and O–H groups in total. The van der Waals surface area contributed by atoms with Gasteiger partial charge in [-0.2, -0.15) is 0 Å². The molecule has 1 heterocycles. The second-order valence-electron chi connectivity index (χ2n) is 6.34. The first-order valence-corrected chi connectivity index (χ1v) is 9.54. The van der Waals surface area contributed by atoms with Crippen LogP contribution >= 0.6 is 0 Å². The second kappa shape index (κ2) is 6.74. The fraction of sp³-hybridized carbons (Fsp3) is 0.333. The molecule has 1 atom stereocenters. The minimum absolute atomic E-state index is 0.0108. The molecule has 5 nitrogen and oxygen atoms in total. The van der Waals surface area contributed by atoms with E-state index in [2.05, 4.69) is 9.62 Å². The number of hydrogen-bond acceptors (Lipinski definition) is 4. The molecule has 0 aromatic heterocycles. The van der Waals surface area contributed by atoms with Crippen LogP contribution in [0, 0.1) is 12.7 Å². The fourth-order valence-electron chi connectivity index (χ4n) is 3.09. The lowest BCUT2D eigenvalue weighted by molar-refractivity contribution is 0.182. The molecule has 1 aliphatic rings. The van der Waals surface area contributed by atoms with Crippen molar-refractivity contribution in [3.05, 3.63) is 58.9 Å². The van der Waals surface area contributed by atoms with Crippen LogP contribution in [0.3, 0.4) is 0 Å². The maximum atomic E-state index is 13.1. The van der Waals surface area contributed by atoms with Gasteiger partial charge in [-0.15, -0.1) is 0 Å². The van der Waals surface area contributed by atoms with E-state index in [-0.39, 0.29) is 11.4 Å². The van der Waals surface area contributed by atoms with Crippen molar-refractivity contribution in [2.75, 3.05) is 25.0 Å². The van der Waals surface area contributed by atoms with E-state index in [9.17, 15) is 17.9 Å². The number of hydrogen-bond donors (Lipinski definition) is 2. The van der Waals surface area contributed by atoms with Gasteiger partial charge in [-0.1, -0.05) is 12.1 Å². The zero-order valence-electron chi connectivity index (χ0n) is 14.2. The Morgan fingerprint density at radius 3 is 2.76 bits per heavy atom. The first-order valence-electron chi connectivity index (χ1n) is 8.06. The lowest BCUT2D eigenvalue weighted by Gasteiger charge is -2.16. The number of anilines is 1. The highest BCUT2D eigenvalue weighted by Gasteiger charge is 2.21. The van der Waals surface area contributed by atoms with E-state index in [4.69, 9.17) is 0 Å². The summed E-state index contributed by atoms with van der Waals surface area (Å²) in [5.74, 6) is -0.486. The number of likely N-dealkylation sites (N-methyl/N-ethyl adjacent to an activating group) is 1. The van der Waals surface area contributed by atoms with Gasteiger partial charge < -0.3 is 10.0 Å². The fourth-order valence-corrected chi connectivity index (χ4v) is 4.36. The van der Waals surface area contributed by atoms with Gasteiger partial charge in [-0.25, -0.2) is 17.5 Å². The van der Waals surface area contributed by atoms with Crippen molar-refractivity contribution >= 4 is 15.7 Å². The minimum Gasteiger partial charge on any atom is -0.387 e. The summed E-state index contributed by atoms with van der Waals surface area (Å²) < 4.78 is 40.3. The molecule has 0 fully saturated rings. The van der Waals surface area contributed by atoms with Crippen molar-refractivity contribution in [1.82, 2.24) is 4.72 Å². The van der Waals surface area contributed by atoms with Crippen LogP contribution in [0.4, 0.5) is 10.1 Å². The third kappa shape index (κ3) is 3.68. The molecule has 0 unspecified atom stereocenters. The Bertz CT molecular complexity index is 899. The average molecular weight is 364 g/mol. The quantitative estimate of drug-likeness (QED) is 0.853. The predicted octanol–water partition coefficient (Wildman–Crippen LogP) is 2.14. The van der Waals surface area contributed by atoms with Crippen molar-refractivity contribution < 1.29 is 17.9 Å². The molecule has 0 radical (unpaired) electrons. The van der Waals surface area contributed by atoms with Crippen LogP contribution < -0.4 is 9.62 Å². The Morgan fingerprint density at radius 2 is 2.04 bits per heavy atom. The Kier molecular flexibility index (Phi) is 4.81. The summed E-state index contributed by atoms with van der Waals surface area (Å²) in [6, 6.07) is 9.17. The number of aliphatic hydroxyl groups excluding tert-OH is 1. The Morgan fingerprint density at radius 1 is 1.28 bits per heavy atom. The molecular formula is C18H21FN2O3S. The van der Waals surface area contributed by atoms with Gasteiger partial charge in [0.1, 0.15) is 5.82 Å². The van der Waals surface area contributed by atoms with E-state index in [0.717, 1.165) is 30.3 Å². The predicted molar refractivity (Wildman–Crippen MR) is 94.7 cm³/mol. The van der Waals surface area contributed by atoms with Gasteiger partial charge in [-0.05, 0) is 54.3 Å². The third-order valence-corrected chi connectivity index (χ3v) is 6.09. The van der Waals surface area contributed by atoms with Crippen molar-refractivity contribution in [2.24, 2.45) is 0 Å². The van der Waals surface area contributed by atoms with Gasteiger partial charge in [0.2, 0.25) is 10.0 Å². The highest BCUT2D eigenvalue weighted by Crippen LogP contribution is 2.29. The van der Waals surface area contributed by atoms with Crippen molar-refractivity contribution in [2.45, 2.75) is 24.3 Å². The molecular weight excluding hydrogens is 343 g/mol. The Balaban J connectivity index is 1.72. The van der Waals surface area contributed by atoms with Crippen LogP contribution in [0.5, 0.6) is 0 Å². The molecule has 0 amide bonds. The first kappa shape index (κ1) is 17.8. The SMILES string of the molecule is Cc1cc(F)ccc1S(=O)(=O)NC[C@H](O)c1ccc2c(c1)CCN2C. The summed E-state index contributed by atoms with van der Waals surface area (Å²) in [6.07, 6.45) is -0.0425. The van der Waals surface area contributed by atoms with E-state index in [1.807, 2.05) is 25.2 Å². The second-order valence-corrected chi connectivity index (χ2v) is 8.07. The van der Waals surface area contributed by atoms with Crippen molar-refractivity contribution in [3.8, 4) is 0 Å². The van der Waals surface area contributed by atoms with Gasteiger partial charge in [-0.3, -0.25) is 0 Å². The zero-order chi connectivity index (χ0) is 18.2. The van der Waals surface area contributed by atoms with Crippen LogP contribution in [-0.2, 0) is 16.4 Å². The van der Waals surface area contributed by atoms with Crippen LogP contribution in [0.15, 0.2) is 41.3 Å². The molecule has 0 bridgehead atoms. The molecule has 2 aromatic rings. The molecule has 1 aliphatic heterocycles. The van der Waals surface area contributed by atoms with E-state index >= 15 is 0 Å². The number of sulfonamides is 1. The summed E-state index contributed by atoms with van der Waals surface area (Å²) >= 11 is 0. The van der Waals surface area contributed by atoms with E-state index in [0.29, 0.717) is 11.1 Å². The highest BCUT2D eigenvalue weighted by molar-refractivity contribution is 7.89. The summed E-state index contributed by atoms with van der Waals surface area (Å²) in [5.41, 5.74) is 3.28. The third-order valence-electron chi connectivity index (χ3n) is 4.51. The number of halogens is 1. The summed E-state index contributed by atoms with van der Waals surface area (Å²) in [6.45, 7) is 2.32. The smallest absolute Gasteiger partial charge is 0.240 e. The maximum absolute atomic E-state index is 13.1. The van der Waals surface area contributed by atoms with Crippen LogP contribution in [0.1, 0.15) is 22.8 Å². The standard InChI is InChI=1S/C18H21FN2O3S/c1-12-9-15(19)4-6-18(12)25(23,24)20-11-17(22)14-3-5-16-13(10-14)7-8-21(16)2/h3-6,9-10,17,20,22H,7-8,11H2,1-2H3/t17-/m0/s1. The van der Waals surface area contributed by atoms with Gasteiger partial charge in [0, 0.05) is 25.8 Å². The number of nitrogens with zero attached hydrogens (tertiary/aromatic N) is 1. The lowest BCUT2D eigenvalue weighted by atomic mass is 10.0. The largest absolute Gasteiger partial charge is 0.387 e. The number of nitrogens with one attached hydrogen (secondary N) is 1. The van der Waals surface area contributed by atoms with E-state index < -0.39 is 21.9 Å². The van der Waals surface area contributed by atoms with Gasteiger partial charge in [0.05, 0.1) is 11.0 Å². The molecule has 134 valence electrons. The summed E-state index contributed by atoms with van der Waals surface area (Å²) in [4.78, 5) is 2.16. The molecule has 3 rings (SSSR count). The minimum atomic E-state index is -3.82. The van der Waals surface area contributed by atoms with E-state index in [1.54, 1.807) is 0 Å². The number of benzene rings is 2. The number of rotatable bonds is 5. The highest BCUT2D eigenvalue weighted by atomic mass is 32.2. The lowest BCUT2D eigenvalue weighted by Crippen LogP contribution is -2.29. The Hall–Kier alpha value is -1.96. The van der Waals surface area contributed by atoms with Crippen LogP contribution in [0.25, 0.3) is 0 Å². The Labute approximate surface area is 147 Å². The zero-order valence-corrected chi connectivity index (χ0v) is 15.0. The maximum Gasteiger partial charge on any atom is 0.240 e. The normalized spacial score (nSPS) is 15.3. The van der Waals surface area contributed by atoms with Crippen LogP contribution in [-0.4, -0.2) is 33.7 Å². The topological polar surface area (TPSA) is 69.6 Å². The molecule has 7 heteroatoms. The number of aliphatic hydroxyl groups is 1. The summed E-state index contributed by atoms with van der Waals surface area (Å²) in [7, 11) is -1.80. The first-order chi connectivity index (χ1) is 11.8. The molecule has 25 heavy (non-hydrogen) atoms. The molecule has 2 aromatic carbocycles. The molecule has 0 spiro atoms. The van der Waals surface area contributed by atoms with Crippen molar-refractivity contribution in [1.29, 1.82) is 0 Å². The van der Waals surface area contributed by atoms with Gasteiger partial charge in [0.15, 0.2) is 0 Å². The molecule has 0 saturated heterocycles. The molecule has 0 saturated carbocycles. The summed E-state index contributed by atoms with van der Waals surface area (Å²) in [5, 5.41) is 10.3.